The molecule has 1 aliphatic rings. The Labute approximate surface area is 152 Å². The number of aromatic nitrogens is 4. The lowest BCUT2D eigenvalue weighted by atomic mass is 10.1. The summed E-state index contributed by atoms with van der Waals surface area (Å²) < 4.78 is 0. The number of rotatable bonds is 3. The van der Waals surface area contributed by atoms with E-state index in [1.54, 1.807) is 6.33 Å². The molecule has 1 aromatic carbocycles. The number of fused-ring (bicyclic) bond motifs is 1. The Balaban J connectivity index is 1.58. The molecule has 0 amide bonds. The molecule has 0 saturated carbocycles. The highest BCUT2D eigenvalue weighted by atomic mass is 15.3. The summed E-state index contributed by atoms with van der Waals surface area (Å²) in [6.45, 7) is 7.65. The lowest BCUT2D eigenvalue weighted by Gasteiger charge is -2.37. The fourth-order valence-corrected chi connectivity index (χ4v) is 3.65. The topological polar surface area (TPSA) is 84.1 Å². The van der Waals surface area contributed by atoms with Gasteiger partial charge in [-0.15, -0.1) is 0 Å². The van der Waals surface area contributed by atoms with Crippen LogP contribution in [-0.2, 0) is 6.42 Å². The monoisotopic (exact) mass is 349 g/mol. The van der Waals surface area contributed by atoms with Gasteiger partial charge in [0.2, 0.25) is 5.95 Å². The van der Waals surface area contributed by atoms with Gasteiger partial charge in [-0.25, -0.2) is 15.0 Å². The Morgan fingerprint density at radius 1 is 0.962 bits per heavy atom. The zero-order valence-corrected chi connectivity index (χ0v) is 15.2. The molecular weight excluding hydrogens is 326 g/mol. The second-order valence-corrected chi connectivity index (χ2v) is 6.51. The first-order valence-corrected chi connectivity index (χ1v) is 9.00. The summed E-state index contributed by atoms with van der Waals surface area (Å²) in [6.07, 6.45) is 2.55. The molecule has 1 aliphatic heterocycles. The lowest BCUT2D eigenvalue weighted by Crippen LogP contribution is -2.47. The van der Waals surface area contributed by atoms with E-state index in [9.17, 15) is 0 Å². The predicted molar refractivity (Wildman–Crippen MR) is 105 cm³/mol. The van der Waals surface area contributed by atoms with Gasteiger partial charge < -0.3 is 15.5 Å². The van der Waals surface area contributed by atoms with Crippen molar-refractivity contribution in [3.8, 4) is 0 Å². The van der Waals surface area contributed by atoms with E-state index in [0.717, 1.165) is 60.8 Å². The van der Waals surface area contributed by atoms with E-state index >= 15 is 0 Å². The predicted octanol–water partition coefficient (Wildman–Crippen LogP) is 2.20. The van der Waals surface area contributed by atoms with Gasteiger partial charge in [-0.3, -0.25) is 0 Å². The number of para-hydroxylation sites is 1. The number of benzene rings is 1. The summed E-state index contributed by atoms with van der Waals surface area (Å²) in [5, 5.41) is 1.10. The molecule has 134 valence electrons. The van der Waals surface area contributed by atoms with E-state index < -0.39 is 0 Å². The van der Waals surface area contributed by atoms with E-state index in [2.05, 4.69) is 42.7 Å². The molecule has 1 fully saturated rings. The highest BCUT2D eigenvalue weighted by Gasteiger charge is 2.23. The van der Waals surface area contributed by atoms with Gasteiger partial charge in [0, 0.05) is 42.8 Å². The molecule has 0 aliphatic carbocycles. The Bertz CT molecular complexity index is 927. The van der Waals surface area contributed by atoms with Crippen LogP contribution >= 0.6 is 0 Å². The zero-order chi connectivity index (χ0) is 18.1. The maximum absolute atomic E-state index is 5.89. The second-order valence-electron chi connectivity index (χ2n) is 6.51. The van der Waals surface area contributed by atoms with Crippen LogP contribution in [0, 0.1) is 6.92 Å². The maximum atomic E-state index is 5.89. The van der Waals surface area contributed by atoms with E-state index in [1.165, 1.54) is 5.56 Å². The molecular formula is C19H23N7. The van der Waals surface area contributed by atoms with Crippen LogP contribution in [0.3, 0.4) is 0 Å². The van der Waals surface area contributed by atoms with Crippen molar-refractivity contribution in [3.63, 3.8) is 0 Å². The first-order valence-electron chi connectivity index (χ1n) is 9.00. The van der Waals surface area contributed by atoms with E-state index in [4.69, 9.17) is 5.73 Å². The van der Waals surface area contributed by atoms with E-state index in [-0.39, 0.29) is 0 Å². The molecule has 7 heteroatoms. The van der Waals surface area contributed by atoms with Crippen LogP contribution in [0.15, 0.2) is 30.6 Å². The molecule has 2 N–H and O–H groups in total. The Hall–Kier alpha value is -2.96. The van der Waals surface area contributed by atoms with Crippen molar-refractivity contribution in [2.45, 2.75) is 20.3 Å². The largest absolute Gasteiger partial charge is 0.368 e. The SMILES string of the molecule is CCc1c(C)nc(N)nc1N1CCN(c2ncnc3ccccc23)CC1. The minimum Gasteiger partial charge on any atom is -0.368 e. The van der Waals surface area contributed by atoms with Gasteiger partial charge in [0.25, 0.3) is 0 Å². The zero-order valence-electron chi connectivity index (χ0n) is 15.2. The first kappa shape index (κ1) is 16.5. The van der Waals surface area contributed by atoms with Gasteiger partial charge in [0.1, 0.15) is 18.0 Å². The summed E-state index contributed by atoms with van der Waals surface area (Å²) in [5.41, 5.74) is 9.03. The summed E-state index contributed by atoms with van der Waals surface area (Å²) >= 11 is 0. The van der Waals surface area contributed by atoms with Crippen LogP contribution in [-0.4, -0.2) is 46.1 Å². The number of nitrogens with two attached hydrogens (primary N) is 1. The molecule has 1 saturated heterocycles. The molecule has 3 aromatic rings. The van der Waals surface area contributed by atoms with Crippen LogP contribution in [0.4, 0.5) is 17.6 Å². The quantitative estimate of drug-likeness (QED) is 0.776. The molecule has 0 bridgehead atoms. The van der Waals surface area contributed by atoms with Crippen molar-refractivity contribution in [1.29, 1.82) is 0 Å². The molecule has 4 rings (SSSR count). The molecule has 0 radical (unpaired) electrons. The minimum absolute atomic E-state index is 0.346. The fourth-order valence-electron chi connectivity index (χ4n) is 3.65. The molecule has 3 heterocycles. The minimum atomic E-state index is 0.346. The summed E-state index contributed by atoms with van der Waals surface area (Å²) in [7, 11) is 0. The smallest absolute Gasteiger partial charge is 0.222 e. The number of nitrogen functional groups attached to an aromatic ring is 1. The van der Waals surface area contributed by atoms with Crippen molar-refractivity contribution < 1.29 is 0 Å². The van der Waals surface area contributed by atoms with Crippen LogP contribution in [0.2, 0.25) is 0 Å². The Kier molecular flexibility index (Phi) is 4.28. The van der Waals surface area contributed by atoms with Gasteiger partial charge in [0.15, 0.2) is 0 Å². The molecule has 0 unspecified atom stereocenters. The molecule has 0 spiro atoms. The van der Waals surface area contributed by atoms with Crippen molar-refractivity contribution in [2.75, 3.05) is 41.7 Å². The molecule has 26 heavy (non-hydrogen) atoms. The Morgan fingerprint density at radius 2 is 1.65 bits per heavy atom. The van der Waals surface area contributed by atoms with Gasteiger partial charge in [-0.1, -0.05) is 19.1 Å². The highest BCUT2D eigenvalue weighted by molar-refractivity contribution is 5.89. The fraction of sp³-hybridized carbons (Fsp3) is 0.368. The average molecular weight is 349 g/mol. The number of nitrogens with zero attached hydrogens (tertiary/aromatic N) is 6. The first-order chi connectivity index (χ1) is 12.7. The maximum Gasteiger partial charge on any atom is 0.222 e. The normalized spacial score (nSPS) is 14.8. The van der Waals surface area contributed by atoms with Crippen molar-refractivity contribution in [2.24, 2.45) is 0 Å². The van der Waals surface area contributed by atoms with Crippen molar-refractivity contribution >= 4 is 28.5 Å². The standard InChI is InChI=1S/C19H23N7/c1-3-14-13(2)23-19(20)24-18(14)26-10-8-25(9-11-26)17-15-6-4-5-7-16(15)21-12-22-17/h4-7,12H,3,8-11H2,1-2H3,(H2,20,23,24). The summed E-state index contributed by atoms with van der Waals surface area (Å²) in [6, 6.07) is 8.15. The number of hydrogen-bond acceptors (Lipinski definition) is 7. The van der Waals surface area contributed by atoms with Gasteiger partial charge in [-0.05, 0) is 25.5 Å². The van der Waals surface area contributed by atoms with E-state index in [1.807, 2.05) is 25.1 Å². The van der Waals surface area contributed by atoms with Crippen LogP contribution < -0.4 is 15.5 Å². The van der Waals surface area contributed by atoms with Crippen LogP contribution in [0.5, 0.6) is 0 Å². The van der Waals surface area contributed by atoms with Gasteiger partial charge >= 0.3 is 0 Å². The molecule has 7 nitrogen and oxygen atoms in total. The van der Waals surface area contributed by atoms with Gasteiger partial charge in [0.05, 0.1) is 5.52 Å². The number of anilines is 3. The number of aryl methyl sites for hydroxylation is 1. The number of hydrogen-bond donors (Lipinski definition) is 1. The average Bonchev–Trinajstić information content (AvgIpc) is 2.67. The van der Waals surface area contributed by atoms with Crippen molar-refractivity contribution in [1.82, 2.24) is 19.9 Å². The number of piperazine rings is 1. The molecule has 0 atom stereocenters. The summed E-state index contributed by atoms with van der Waals surface area (Å²) in [5.74, 6) is 2.33. The second kappa shape index (κ2) is 6.74. The van der Waals surface area contributed by atoms with E-state index in [0.29, 0.717) is 5.95 Å². The Morgan fingerprint density at radius 3 is 2.38 bits per heavy atom. The lowest BCUT2D eigenvalue weighted by molar-refractivity contribution is 0.639. The van der Waals surface area contributed by atoms with Crippen LogP contribution in [0.1, 0.15) is 18.2 Å². The third kappa shape index (κ3) is 2.89. The third-order valence-electron chi connectivity index (χ3n) is 4.96. The van der Waals surface area contributed by atoms with Crippen LogP contribution in [0.25, 0.3) is 10.9 Å². The van der Waals surface area contributed by atoms with Crippen molar-refractivity contribution in [3.05, 3.63) is 41.9 Å². The molecule has 2 aromatic heterocycles. The van der Waals surface area contributed by atoms with Gasteiger partial charge in [-0.2, -0.15) is 4.98 Å². The third-order valence-corrected chi connectivity index (χ3v) is 4.96. The highest BCUT2D eigenvalue weighted by Crippen LogP contribution is 2.27. The summed E-state index contributed by atoms with van der Waals surface area (Å²) in [4.78, 5) is 22.4.